The molecule has 1 atom stereocenters. The molecule has 5 nitrogen and oxygen atoms in total. The predicted octanol–water partition coefficient (Wildman–Crippen LogP) is 1.04. The first-order chi connectivity index (χ1) is 8.69. The van der Waals surface area contributed by atoms with Crippen LogP contribution in [-0.4, -0.2) is 25.0 Å². The molecule has 0 fully saturated rings. The Balaban J connectivity index is 2.54. The van der Waals surface area contributed by atoms with Crippen molar-refractivity contribution in [2.45, 2.75) is 12.5 Å². The van der Waals surface area contributed by atoms with Gasteiger partial charge in [-0.1, -0.05) is 24.3 Å². The molecule has 0 heterocycles. The van der Waals surface area contributed by atoms with E-state index in [1.54, 1.807) is 30.3 Å². The van der Waals surface area contributed by atoms with Crippen LogP contribution in [0, 0.1) is 0 Å². The van der Waals surface area contributed by atoms with Crippen LogP contribution in [0.4, 0.5) is 0 Å². The van der Waals surface area contributed by atoms with Gasteiger partial charge in [0.2, 0.25) is 0 Å². The number of methoxy groups -OCH3 is 1. The highest BCUT2D eigenvalue weighted by Gasteiger charge is 2.17. The summed E-state index contributed by atoms with van der Waals surface area (Å²) in [6.07, 6.45) is 1.94. The number of hydrogen-bond acceptors (Lipinski definition) is 4. The second-order valence-electron chi connectivity index (χ2n) is 3.56. The molecule has 0 aliphatic heterocycles. The number of amides is 1. The average molecular weight is 248 g/mol. The molecule has 0 saturated heterocycles. The van der Waals surface area contributed by atoms with Gasteiger partial charge in [-0.2, -0.15) is 0 Å². The lowest BCUT2D eigenvalue weighted by atomic mass is 10.2. The van der Waals surface area contributed by atoms with Crippen LogP contribution in [0.15, 0.2) is 43.0 Å². The smallest absolute Gasteiger partial charge is 0.324 e. The monoisotopic (exact) mass is 248 g/mol. The Morgan fingerprint density at radius 1 is 1.39 bits per heavy atom. The highest BCUT2D eigenvalue weighted by Crippen LogP contribution is 1.98. The molecule has 0 saturated carbocycles. The number of ether oxygens (including phenoxy) is 1. The predicted molar refractivity (Wildman–Crippen MR) is 67.7 cm³/mol. The quantitative estimate of drug-likeness (QED) is 0.448. The lowest BCUT2D eigenvalue weighted by molar-refractivity contribution is -0.143. The van der Waals surface area contributed by atoms with E-state index in [-0.39, 0.29) is 5.91 Å². The normalized spacial score (nSPS) is 11.4. The highest BCUT2D eigenvalue weighted by molar-refractivity contribution is 5.94. The third-order valence-corrected chi connectivity index (χ3v) is 2.28. The van der Waals surface area contributed by atoms with Crippen molar-refractivity contribution in [3.05, 3.63) is 48.6 Å². The number of hydrogen-bond donors (Lipinski definition) is 2. The molecular weight excluding hydrogens is 232 g/mol. The zero-order valence-corrected chi connectivity index (χ0v) is 10.2. The summed E-state index contributed by atoms with van der Waals surface area (Å²) >= 11 is 0. The van der Waals surface area contributed by atoms with Crippen molar-refractivity contribution >= 4 is 11.9 Å². The van der Waals surface area contributed by atoms with E-state index in [1.807, 2.05) is 6.07 Å². The summed E-state index contributed by atoms with van der Waals surface area (Å²) in [6.45, 7) is 3.54. The second-order valence-corrected chi connectivity index (χ2v) is 3.56. The molecular formula is C13H16N2O3. The lowest BCUT2D eigenvalue weighted by Gasteiger charge is -2.15. The van der Waals surface area contributed by atoms with Crippen LogP contribution in [0.3, 0.4) is 0 Å². The first-order valence-corrected chi connectivity index (χ1v) is 5.48. The fourth-order valence-corrected chi connectivity index (χ4v) is 1.34. The number of nitrogens with one attached hydrogen (secondary N) is 2. The van der Waals surface area contributed by atoms with Crippen molar-refractivity contribution in [1.82, 2.24) is 10.9 Å². The molecule has 1 aromatic rings. The van der Waals surface area contributed by atoms with Crippen molar-refractivity contribution in [3.8, 4) is 0 Å². The van der Waals surface area contributed by atoms with Crippen LogP contribution >= 0.6 is 0 Å². The van der Waals surface area contributed by atoms with Crippen molar-refractivity contribution in [1.29, 1.82) is 0 Å². The highest BCUT2D eigenvalue weighted by atomic mass is 16.5. The molecule has 1 aromatic carbocycles. The second kappa shape index (κ2) is 7.24. The average Bonchev–Trinajstić information content (AvgIpc) is 2.43. The van der Waals surface area contributed by atoms with Crippen molar-refractivity contribution < 1.29 is 14.3 Å². The fourth-order valence-electron chi connectivity index (χ4n) is 1.34. The van der Waals surface area contributed by atoms with Crippen LogP contribution in [0.2, 0.25) is 0 Å². The maximum atomic E-state index is 11.7. The lowest BCUT2D eigenvalue weighted by Crippen LogP contribution is -2.48. The molecule has 96 valence electrons. The maximum Gasteiger partial charge on any atom is 0.324 e. The van der Waals surface area contributed by atoms with Crippen molar-refractivity contribution in [2.75, 3.05) is 7.11 Å². The van der Waals surface area contributed by atoms with Gasteiger partial charge in [0.1, 0.15) is 6.04 Å². The van der Waals surface area contributed by atoms with E-state index in [0.717, 1.165) is 0 Å². The Morgan fingerprint density at radius 2 is 2.06 bits per heavy atom. The van der Waals surface area contributed by atoms with Gasteiger partial charge in [0.15, 0.2) is 0 Å². The first kappa shape index (κ1) is 13.9. The summed E-state index contributed by atoms with van der Waals surface area (Å²) in [4.78, 5) is 23.1. The van der Waals surface area contributed by atoms with Gasteiger partial charge in [-0.05, 0) is 18.6 Å². The number of carbonyl (C=O) groups excluding carboxylic acids is 2. The van der Waals surface area contributed by atoms with Gasteiger partial charge in [-0.15, -0.1) is 6.58 Å². The number of esters is 1. The van der Waals surface area contributed by atoms with Gasteiger partial charge in [-0.25, -0.2) is 5.43 Å². The Morgan fingerprint density at radius 3 is 2.61 bits per heavy atom. The Bertz CT molecular complexity index is 418. The molecule has 0 radical (unpaired) electrons. The minimum atomic E-state index is -0.639. The molecule has 0 aliphatic rings. The van der Waals surface area contributed by atoms with Crippen LogP contribution in [-0.2, 0) is 9.53 Å². The summed E-state index contributed by atoms with van der Waals surface area (Å²) in [5, 5.41) is 0. The summed E-state index contributed by atoms with van der Waals surface area (Å²) < 4.78 is 4.60. The third kappa shape index (κ3) is 4.03. The molecule has 1 rings (SSSR count). The standard InChI is InChI=1S/C13H16N2O3/c1-3-7-11(13(17)18-2)14-15-12(16)10-8-5-4-6-9-10/h3-6,8-9,11,14H,1,7H2,2H3,(H,15,16)/t11-/m1/s1. The number of rotatable bonds is 6. The Labute approximate surface area is 106 Å². The van der Waals surface area contributed by atoms with E-state index < -0.39 is 12.0 Å². The molecule has 2 N–H and O–H groups in total. The molecule has 5 heteroatoms. The molecule has 0 unspecified atom stereocenters. The largest absolute Gasteiger partial charge is 0.468 e. The van der Waals surface area contributed by atoms with Gasteiger partial charge >= 0.3 is 5.97 Å². The third-order valence-electron chi connectivity index (χ3n) is 2.28. The van der Waals surface area contributed by atoms with Crippen molar-refractivity contribution in [2.24, 2.45) is 0 Å². The molecule has 18 heavy (non-hydrogen) atoms. The van der Waals surface area contributed by atoms with Crippen LogP contribution < -0.4 is 10.9 Å². The maximum absolute atomic E-state index is 11.7. The summed E-state index contributed by atoms with van der Waals surface area (Å²) in [7, 11) is 1.29. The Kier molecular flexibility index (Phi) is 5.60. The minimum Gasteiger partial charge on any atom is -0.468 e. The van der Waals surface area contributed by atoms with E-state index in [0.29, 0.717) is 12.0 Å². The van der Waals surface area contributed by atoms with E-state index in [1.165, 1.54) is 7.11 Å². The SMILES string of the molecule is C=CC[C@@H](NNC(=O)c1ccccc1)C(=O)OC. The number of carbonyl (C=O) groups is 2. The minimum absolute atomic E-state index is 0.312. The van der Waals surface area contributed by atoms with Crippen LogP contribution in [0.25, 0.3) is 0 Å². The summed E-state index contributed by atoms with van der Waals surface area (Å²) in [6, 6.07) is 8.06. The van der Waals surface area contributed by atoms with E-state index in [2.05, 4.69) is 22.2 Å². The molecule has 0 spiro atoms. The topological polar surface area (TPSA) is 67.4 Å². The summed E-state index contributed by atoms with van der Waals surface area (Å²) in [5.41, 5.74) is 5.59. The summed E-state index contributed by atoms with van der Waals surface area (Å²) in [5.74, 6) is -0.767. The zero-order chi connectivity index (χ0) is 13.4. The molecule has 0 aromatic heterocycles. The van der Waals surface area contributed by atoms with Crippen LogP contribution in [0.1, 0.15) is 16.8 Å². The molecule has 1 amide bonds. The number of benzene rings is 1. The van der Waals surface area contributed by atoms with Gasteiger partial charge in [0.25, 0.3) is 5.91 Å². The fraction of sp³-hybridized carbons (Fsp3) is 0.231. The molecule has 0 aliphatic carbocycles. The zero-order valence-electron chi connectivity index (χ0n) is 10.2. The van der Waals surface area contributed by atoms with E-state index >= 15 is 0 Å². The van der Waals surface area contributed by atoms with Gasteiger partial charge < -0.3 is 4.74 Å². The van der Waals surface area contributed by atoms with Gasteiger partial charge in [0.05, 0.1) is 7.11 Å². The van der Waals surface area contributed by atoms with E-state index in [9.17, 15) is 9.59 Å². The van der Waals surface area contributed by atoms with Crippen LogP contribution in [0.5, 0.6) is 0 Å². The molecule has 0 bridgehead atoms. The van der Waals surface area contributed by atoms with Gasteiger partial charge in [0, 0.05) is 5.56 Å². The van der Waals surface area contributed by atoms with Crippen molar-refractivity contribution in [3.63, 3.8) is 0 Å². The number of hydrazine groups is 1. The Hall–Kier alpha value is -2.14. The van der Waals surface area contributed by atoms with E-state index in [4.69, 9.17) is 0 Å². The first-order valence-electron chi connectivity index (χ1n) is 5.48. The van der Waals surface area contributed by atoms with Gasteiger partial charge in [-0.3, -0.25) is 15.0 Å².